The van der Waals surface area contributed by atoms with Crippen LogP contribution in [0.3, 0.4) is 0 Å². The quantitative estimate of drug-likeness (QED) is 0.0683. The first-order valence-electron chi connectivity index (χ1n) is 15.8. The predicted molar refractivity (Wildman–Crippen MR) is 163 cm³/mol. The van der Waals surface area contributed by atoms with E-state index in [-0.39, 0.29) is 42.8 Å². The van der Waals surface area contributed by atoms with E-state index in [0.29, 0.717) is 0 Å². The molecule has 0 aliphatic heterocycles. The van der Waals surface area contributed by atoms with Crippen molar-refractivity contribution in [3.05, 3.63) is 71.8 Å². The molecule has 0 aliphatic rings. The van der Waals surface area contributed by atoms with Gasteiger partial charge in [0.05, 0.1) is 13.2 Å². The number of hydrogen-bond donors (Lipinski definition) is 0. The van der Waals surface area contributed by atoms with Crippen molar-refractivity contribution >= 4 is 7.82 Å². The SMILES string of the molecule is O=P([O-])(OCCCCCCCCCCCc1ccccc1)OCCCCCCCCCCCc1ccccc1.[Na+]. The zero-order valence-electron chi connectivity index (χ0n) is 25.4. The van der Waals surface area contributed by atoms with Gasteiger partial charge in [-0.1, -0.05) is 151 Å². The number of phosphoric ester groups is 1. The molecule has 4 nitrogen and oxygen atoms in total. The molecule has 2 aromatic carbocycles. The number of rotatable bonds is 26. The molecule has 0 bridgehead atoms. The second kappa shape index (κ2) is 26.2. The summed E-state index contributed by atoms with van der Waals surface area (Å²) in [6.07, 6.45) is 23.6. The molecule has 0 saturated carbocycles. The third-order valence-corrected chi connectivity index (χ3v) is 8.40. The molecule has 0 heterocycles. The summed E-state index contributed by atoms with van der Waals surface area (Å²) in [6.45, 7) is 0.483. The minimum atomic E-state index is -4.14. The van der Waals surface area contributed by atoms with Crippen molar-refractivity contribution < 1.29 is 48.1 Å². The molecule has 0 aromatic heterocycles. The van der Waals surface area contributed by atoms with E-state index in [1.807, 2.05) is 0 Å². The molecule has 0 atom stereocenters. The Kier molecular flexibility index (Phi) is 24.6. The fourth-order valence-corrected chi connectivity index (χ4v) is 5.80. The monoisotopic (exact) mass is 580 g/mol. The fraction of sp³-hybridized carbons (Fsp3) is 0.647. The maximum absolute atomic E-state index is 11.9. The average Bonchev–Trinajstić information content (AvgIpc) is 2.95. The fourth-order valence-electron chi connectivity index (χ4n) is 5.02. The Morgan fingerprint density at radius 1 is 0.450 bits per heavy atom. The molecule has 220 valence electrons. The Balaban J connectivity index is 0.00000800. The minimum Gasteiger partial charge on any atom is -0.756 e. The van der Waals surface area contributed by atoms with Gasteiger partial charge in [0.15, 0.2) is 0 Å². The number of hydrogen-bond acceptors (Lipinski definition) is 4. The first kappa shape index (κ1) is 37.6. The van der Waals surface area contributed by atoms with Crippen LogP contribution in [0.5, 0.6) is 0 Å². The number of aryl methyl sites for hydroxylation is 2. The molecule has 6 heteroatoms. The van der Waals surface area contributed by atoms with Crippen molar-refractivity contribution in [3.8, 4) is 0 Å². The van der Waals surface area contributed by atoms with Crippen LogP contribution in [0.2, 0.25) is 0 Å². The Hall–Kier alpha value is -0.450. The zero-order chi connectivity index (χ0) is 27.7. The Bertz CT molecular complexity index is 782. The van der Waals surface area contributed by atoms with Gasteiger partial charge in [-0.05, 0) is 49.7 Å². The molecule has 0 radical (unpaired) electrons. The molecule has 2 aromatic rings. The molecule has 0 fully saturated rings. The summed E-state index contributed by atoms with van der Waals surface area (Å²) in [5, 5.41) is 0. The maximum atomic E-state index is 11.9. The normalized spacial score (nSPS) is 11.4. The van der Waals surface area contributed by atoms with Gasteiger partial charge in [0, 0.05) is 0 Å². The largest absolute Gasteiger partial charge is 1.00 e. The van der Waals surface area contributed by atoms with Gasteiger partial charge in [-0.25, -0.2) is 0 Å². The van der Waals surface area contributed by atoms with Crippen LogP contribution < -0.4 is 34.5 Å². The van der Waals surface area contributed by atoms with Crippen LogP contribution >= 0.6 is 7.82 Å². The first-order chi connectivity index (χ1) is 19.2. The van der Waals surface area contributed by atoms with Crippen molar-refractivity contribution in [1.29, 1.82) is 0 Å². The summed E-state index contributed by atoms with van der Waals surface area (Å²) >= 11 is 0. The van der Waals surface area contributed by atoms with E-state index in [2.05, 4.69) is 60.7 Å². The van der Waals surface area contributed by atoms with Crippen LogP contribution in [0, 0.1) is 0 Å². The average molecular weight is 581 g/mol. The molecular formula is C34H54NaO4P. The second-order valence-electron chi connectivity index (χ2n) is 10.9. The van der Waals surface area contributed by atoms with Gasteiger partial charge in [-0.2, -0.15) is 0 Å². The number of phosphoric acid groups is 1. The molecule has 2 rings (SSSR count). The van der Waals surface area contributed by atoms with Crippen LogP contribution in [0.1, 0.15) is 127 Å². The third-order valence-electron chi connectivity index (χ3n) is 7.40. The predicted octanol–water partition coefficient (Wildman–Crippen LogP) is 7.00. The van der Waals surface area contributed by atoms with Crippen LogP contribution in [-0.4, -0.2) is 13.2 Å². The van der Waals surface area contributed by atoms with Gasteiger partial charge in [0.2, 0.25) is 0 Å². The van der Waals surface area contributed by atoms with E-state index in [1.165, 1.54) is 101 Å². The number of benzene rings is 2. The molecule has 0 saturated heterocycles. The second-order valence-corrected chi connectivity index (χ2v) is 12.4. The summed E-state index contributed by atoms with van der Waals surface area (Å²) in [4.78, 5) is 11.9. The molecule has 40 heavy (non-hydrogen) atoms. The summed E-state index contributed by atoms with van der Waals surface area (Å²) in [5.41, 5.74) is 2.88. The van der Waals surface area contributed by atoms with Crippen molar-refractivity contribution in [3.63, 3.8) is 0 Å². The number of unbranched alkanes of at least 4 members (excludes halogenated alkanes) is 16. The summed E-state index contributed by atoms with van der Waals surface area (Å²) in [5.74, 6) is 0. The van der Waals surface area contributed by atoms with Crippen LogP contribution in [0.4, 0.5) is 0 Å². The van der Waals surface area contributed by atoms with Crippen LogP contribution in [-0.2, 0) is 26.5 Å². The van der Waals surface area contributed by atoms with Gasteiger partial charge in [-0.3, -0.25) is 4.57 Å². The molecule has 0 aliphatic carbocycles. The van der Waals surface area contributed by atoms with E-state index < -0.39 is 7.82 Å². The molecular weight excluding hydrogens is 526 g/mol. The van der Waals surface area contributed by atoms with Gasteiger partial charge in [-0.15, -0.1) is 0 Å². The standard InChI is InChI=1S/C34H55O4P.Na/c35-39(36,37-31-23-13-9-5-1-3-7-11-17-25-33-27-19-15-20-28-33)38-32-24-14-10-6-2-4-8-12-18-26-34-29-21-16-22-30-34;/h15-16,19-22,27-30H,1-14,17-18,23-26,31-32H2,(H,35,36);/q;+1/p-1. The van der Waals surface area contributed by atoms with E-state index in [9.17, 15) is 9.46 Å². The Morgan fingerprint density at radius 2 is 0.725 bits per heavy atom. The van der Waals surface area contributed by atoms with E-state index >= 15 is 0 Å². The zero-order valence-corrected chi connectivity index (χ0v) is 28.3. The van der Waals surface area contributed by atoms with Gasteiger partial charge < -0.3 is 13.9 Å². The van der Waals surface area contributed by atoms with Crippen molar-refractivity contribution in [1.82, 2.24) is 0 Å². The Morgan fingerprint density at radius 3 is 1.05 bits per heavy atom. The van der Waals surface area contributed by atoms with Gasteiger partial charge in [0.25, 0.3) is 7.82 Å². The molecule has 0 unspecified atom stereocenters. The maximum Gasteiger partial charge on any atom is 1.00 e. The van der Waals surface area contributed by atoms with E-state index in [0.717, 1.165) is 38.5 Å². The smallest absolute Gasteiger partial charge is 0.756 e. The van der Waals surface area contributed by atoms with E-state index in [4.69, 9.17) is 9.05 Å². The van der Waals surface area contributed by atoms with Crippen LogP contribution in [0.15, 0.2) is 60.7 Å². The summed E-state index contributed by atoms with van der Waals surface area (Å²) in [6, 6.07) is 21.4. The van der Waals surface area contributed by atoms with E-state index in [1.54, 1.807) is 0 Å². The topological polar surface area (TPSA) is 58.6 Å². The van der Waals surface area contributed by atoms with Crippen LogP contribution in [0.25, 0.3) is 0 Å². The molecule has 0 amide bonds. The van der Waals surface area contributed by atoms with Gasteiger partial charge in [0.1, 0.15) is 0 Å². The molecule has 0 N–H and O–H groups in total. The third kappa shape index (κ3) is 22.2. The van der Waals surface area contributed by atoms with Crippen molar-refractivity contribution in [2.45, 2.75) is 128 Å². The summed E-state index contributed by atoms with van der Waals surface area (Å²) < 4.78 is 22.0. The van der Waals surface area contributed by atoms with Gasteiger partial charge >= 0.3 is 29.6 Å². The minimum absolute atomic E-state index is 0. The Labute approximate surface area is 268 Å². The van der Waals surface area contributed by atoms with Crippen molar-refractivity contribution in [2.24, 2.45) is 0 Å². The van der Waals surface area contributed by atoms with Crippen molar-refractivity contribution in [2.75, 3.05) is 13.2 Å². The summed E-state index contributed by atoms with van der Waals surface area (Å²) in [7, 11) is -4.14. The molecule has 0 spiro atoms. The first-order valence-corrected chi connectivity index (χ1v) is 17.3.